The molecule has 3 aromatic carbocycles. The summed E-state index contributed by atoms with van der Waals surface area (Å²) in [7, 11) is -1.10. The molecule has 0 unspecified atom stereocenters. The second kappa shape index (κ2) is 8.69. The van der Waals surface area contributed by atoms with Gasteiger partial charge in [0.05, 0.1) is 17.1 Å². The molecule has 4 aromatic rings. The van der Waals surface area contributed by atoms with E-state index in [1.165, 1.54) is 20.7 Å². The molecular weight excluding hydrogens is 422 g/mol. The fourth-order valence-corrected chi connectivity index (χ4v) is 6.18. The number of nitrogens with zero attached hydrogens (tertiary/aromatic N) is 3. The number of para-hydroxylation sites is 1. The highest BCUT2D eigenvalue weighted by Gasteiger charge is 2.13. The summed E-state index contributed by atoms with van der Waals surface area (Å²) >= 11 is 0. The van der Waals surface area contributed by atoms with Crippen molar-refractivity contribution in [1.82, 2.24) is 4.57 Å². The fraction of sp³-hybridized carbons (Fsp3) is 0.0476. The van der Waals surface area contributed by atoms with Gasteiger partial charge in [-0.3, -0.25) is 4.57 Å². The highest BCUT2D eigenvalue weighted by molar-refractivity contribution is 7.90. The predicted octanol–water partition coefficient (Wildman–Crippen LogP) is 4.18. The normalized spacial score (nSPS) is 13.0. The van der Waals surface area contributed by atoms with Crippen molar-refractivity contribution in [3.05, 3.63) is 106 Å². The van der Waals surface area contributed by atoms with Gasteiger partial charge in [0.2, 0.25) is 9.60 Å². The Balaban J connectivity index is 1.87. The van der Waals surface area contributed by atoms with Crippen LogP contribution in [0.25, 0.3) is 0 Å². The zero-order valence-electron chi connectivity index (χ0n) is 15.3. The van der Waals surface area contributed by atoms with E-state index >= 15 is 0 Å². The highest BCUT2D eigenvalue weighted by Crippen LogP contribution is 2.12. The quantitative estimate of drug-likeness (QED) is 0.438. The van der Waals surface area contributed by atoms with Crippen LogP contribution in [0.2, 0.25) is 0 Å². The SMILES string of the molecule is O=S(=O)(/N=c1\ssc(=Nc2ccccc2)n1Cc1ccccc1)c1ccccc1. The molecule has 0 amide bonds. The van der Waals surface area contributed by atoms with E-state index in [1.54, 1.807) is 30.3 Å². The van der Waals surface area contributed by atoms with Gasteiger partial charge in [-0.1, -0.05) is 66.7 Å². The first-order valence-electron chi connectivity index (χ1n) is 8.81. The first-order chi connectivity index (χ1) is 14.1. The van der Waals surface area contributed by atoms with Gasteiger partial charge in [-0.15, -0.1) is 4.40 Å². The lowest BCUT2D eigenvalue weighted by molar-refractivity contribution is 0.595. The minimum absolute atomic E-state index is 0.172. The van der Waals surface area contributed by atoms with Crippen molar-refractivity contribution in [3.8, 4) is 0 Å². The number of hydrogen-bond acceptors (Lipinski definition) is 5. The van der Waals surface area contributed by atoms with Crippen molar-refractivity contribution in [3.63, 3.8) is 0 Å². The molecule has 146 valence electrons. The molecule has 0 N–H and O–H groups in total. The van der Waals surface area contributed by atoms with Gasteiger partial charge in [0.25, 0.3) is 10.0 Å². The predicted molar refractivity (Wildman–Crippen MR) is 117 cm³/mol. The Morgan fingerprint density at radius 3 is 1.93 bits per heavy atom. The van der Waals surface area contributed by atoms with Crippen molar-refractivity contribution in [2.45, 2.75) is 11.4 Å². The minimum atomic E-state index is -3.81. The van der Waals surface area contributed by atoms with Crippen molar-refractivity contribution in [2.75, 3.05) is 0 Å². The van der Waals surface area contributed by atoms with Crippen LogP contribution < -0.4 is 9.60 Å². The summed E-state index contributed by atoms with van der Waals surface area (Å²) in [5.41, 5.74) is 1.85. The zero-order valence-corrected chi connectivity index (χ0v) is 17.7. The molecule has 0 radical (unpaired) electrons. The first kappa shape index (κ1) is 19.5. The molecule has 0 aliphatic rings. The van der Waals surface area contributed by atoms with E-state index in [1.807, 2.05) is 65.2 Å². The van der Waals surface area contributed by atoms with Gasteiger partial charge >= 0.3 is 0 Å². The molecule has 0 bridgehead atoms. The molecule has 8 heteroatoms. The van der Waals surface area contributed by atoms with E-state index in [-0.39, 0.29) is 4.90 Å². The standard InChI is InChI=1S/C21H17N3O2S3/c25-29(26,19-14-8-3-9-15-19)23-21-24(16-17-10-4-1-5-11-17)20(27-28-21)22-18-12-6-2-7-13-18/h1-15H,16H2/b22-20?,23-21-. The Morgan fingerprint density at radius 2 is 1.28 bits per heavy atom. The second-order valence-electron chi connectivity index (χ2n) is 6.13. The summed E-state index contributed by atoms with van der Waals surface area (Å²) in [6.07, 6.45) is 0. The van der Waals surface area contributed by atoms with Gasteiger partial charge in [-0.05, 0) is 50.5 Å². The van der Waals surface area contributed by atoms with E-state index in [0.29, 0.717) is 16.1 Å². The van der Waals surface area contributed by atoms with Crippen LogP contribution in [0, 0.1) is 0 Å². The Bertz CT molecular complexity index is 1320. The second-order valence-corrected chi connectivity index (χ2v) is 9.80. The maximum atomic E-state index is 12.8. The Hall–Kier alpha value is -2.81. The van der Waals surface area contributed by atoms with Crippen molar-refractivity contribution >= 4 is 36.4 Å². The lowest BCUT2D eigenvalue weighted by Gasteiger charge is -2.04. The summed E-state index contributed by atoms with van der Waals surface area (Å²) in [6, 6.07) is 27.7. The Morgan fingerprint density at radius 1 is 0.724 bits per heavy atom. The Kier molecular flexibility index (Phi) is 5.84. The molecule has 1 heterocycles. The van der Waals surface area contributed by atoms with Gasteiger partial charge in [0.15, 0.2) is 0 Å². The van der Waals surface area contributed by atoms with Crippen LogP contribution in [0.1, 0.15) is 5.56 Å². The zero-order chi connectivity index (χ0) is 20.1. The van der Waals surface area contributed by atoms with Crippen LogP contribution >= 0.6 is 20.7 Å². The molecule has 5 nitrogen and oxygen atoms in total. The molecule has 29 heavy (non-hydrogen) atoms. The van der Waals surface area contributed by atoms with Gasteiger partial charge < -0.3 is 0 Å². The molecule has 0 aliphatic heterocycles. The third kappa shape index (κ3) is 4.79. The largest absolute Gasteiger partial charge is 0.287 e. The molecule has 0 saturated heterocycles. The van der Waals surface area contributed by atoms with E-state index in [9.17, 15) is 8.42 Å². The van der Waals surface area contributed by atoms with Crippen molar-refractivity contribution < 1.29 is 8.42 Å². The monoisotopic (exact) mass is 439 g/mol. The lowest BCUT2D eigenvalue weighted by atomic mass is 10.2. The topological polar surface area (TPSA) is 63.8 Å². The molecular formula is C21H17N3O2S3. The third-order valence-corrected chi connectivity index (χ3v) is 7.60. The summed E-state index contributed by atoms with van der Waals surface area (Å²) in [6.45, 7) is 0.482. The molecule has 0 aliphatic carbocycles. The fourth-order valence-electron chi connectivity index (χ4n) is 2.65. The molecule has 1 aromatic heterocycles. The molecule has 4 rings (SSSR count). The number of rotatable bonds is 5. The average Bonchev–Trinajstić information content (AvgIpc) is 3.10. The molecule has 0 atom stereocenters. The molecule has 0 saturated carbocycles. The van der Waals surface area contributed by atoms with Gasteiger partial charge in [0, 0.05) is 0 Å². The van der Waals surface area contributed by atoms with Crippen molar-refractivity contribution in [1.29, 1.82) is 0 Å². The highest BCUT2D eigenvalue weighted by atomic mass is 32.9. The summed E-state index contributed by atoms with van der Waals surface area (Å²) in [5, 5.41) is 0. The molecule has 0 fully saturated rings. The van der Waals surface area contributed by atoms with Crippen LogP contribution in [-0.2, 0) is 16.6 Å². The van der Waals surface area contributed by atoms with Crippen molar-refractivity contribution in [2.24, 2.45) is 9.39 Å². The van der Waals surface area contributed by atoms with Crippen LogP contribution in [0.5, 0.6) is 0 Å². The smallest absolute Gasteiger partial charge is 0.285 e. The van der Waals surface area contributed by atoms with Gasteiger partial charge in [-0.2, -0.15) is 8.42 Å². The summed E-state index contributed by atoms with van der Waals surface area (Å²) < 4.78 is 31.5. The van der Waals surface area contributed by atoms with Crippen LogP contribution in [-0.4, -0.2) is 13.0 Å². The van der Waals surface area contributed by atoms with E-state index in [2.05, 4.69) is 4.40 Å². The number of aromatic nitrogens is 1. The number of hydrogen-bond donors (Lipinski definition) is 0. The number of sulfonamides is 1. The van der Waals surface area contributed by atoms with E-state index in [0.717, 1.165) is 11.3 Å². The van der Waals surface area contributed by atoms with Gasteiger partial charge in [-0.25, -0.2) is 4.99 Å². The van der Waals surface area contributed by atoms with Gasteiger partial charge in [0.1, 0.15) is 0 Å². The summed E-state index contributed by atoms with van der Waals surface area (Å²) in [5.74, 6) is 0. The summed E-state index contributed by atoms with van der Waals surface area (Å²) in [4.78, 5) is 5.97. The van der Waals surface area contributed by atoms with Crippen LogP contribution in [0.3, 0.4) is 0 Å². The third-order valence-electron chi connectivity index (χ3n) is 4.06. The van der Waals surface area contributed by atoms with Crippen LogP contribution in [0.4, 0.5) is 5.69 Å². The maximum absolute atomic E-state index is 12.8. The first-order valence-corrected chi connectivity index (χ1v) is 12.4. The average molecular weight is 440 g/mol. The minimum Gasteiger partial charge on any atom is -0.287 e. The maximum Gasteiger partial charge on any atom is 0.285 e. The molecule has 0 spiro atoms. The van der Waals surface area contributed by atoms with Crippen LogP contribution in [0.15, 0.2) is 105 Å². The lowest BCUT2D eigenvalue weighted by Crippen LogP contribution is -2.27. The number of benzene rings is 3. The Labute approximate surface area is 176 Å². The van der Waals surface area contributed by atoms with E-state index < -0.39 is 10.0 Å². The van der Waals surface area contributed by atoms with E-state index in [4.69, 9.17) is 4.99 Å².